The van der Waals surface area contributed by atoms with Gasteiger partial charge in [-0.3, -0.25) is 7.05 Å². The summed E-state index contributed by atoms with van der Waals surface area (Å²) in [5.74, 6) is 0.0468. The van der Waals surface area contributed by atoms with E-state index < -0.39 is 10.0 Å². The van der Waals surface area contributed by atoms with Gasteiger partial charge in [0.1, 0.15) is 0 Å². The van der Waals surface area contributed by atoms with Crippen LogP contribution in [0.1, 0.15) is 27.7 Å². The van der Waals surface area contributed by atoms with E-state index in [9.17, 15) is 8.42 Å². The van der Waals surface area contributed by atoms with Gasteiger partial charge >= 0.3 is 0 Å². The molecule has 0 atom stereocenters. The molecule has 1 saturated heterocycles. The van der Waals surface area contributed by atoms with Gasteiger partial charge in [0.2, 0.25) is 10.0 Å². The van der Waals surface area contributed by atoms with Gasteiger partial charge in [-0.05, 0) is 13.8 Å². The number of hydrogen-bond acceptors (Lipinski definition) is 3. The van der Waals surface area contributed by atoms with Crippen LogP contribution in [0.15, 0.2) is 0 Å². The van der Waals surface area contributed by atoms with E-state index in [1.807, 2.05) is 27.7 Å². The van der Waals surface area contributed by atoms with Gasteiger partial charge in [-0.1, -0.05) is 13.8 Å². The van der Waals surface area contributed by atoms with Gasteiger partial charge < -0.3 is 4.90 Å². The third kappa shape index (κ3) is 4.66. The van der Waals surface area contributed by atoms with E-state index in [4.69, 9.17) is 0 Å². The molecule has 4 nitrogen and oxygen atoms in total. The molecule has 6 heteroatoms. The predicted molar refractivity (Wildman–Crippen MR) is 54.2 cm³/mol. The SMILES string of the molecule is CC.[CH2-]N1CN(C(C)C)S(=O)(=O)C1.[Y]. The van der Waals surface area contributed by atoms with Crippen LogP contribution in [0.2, 0.25) is 0 Å². The minimum absolute atomic E-state index is 0. The number of nitrogens with zero attached hydrogens (tertiary/aromatic N) is 2. The van der Waals surface area contributed by atoms with Crippen molar-refractivity contribution in [3.63, 3.8) is 0 Å². The third-order valence-electron chi connectivity index (χ3n) is 1.62. The molecule has 0 aliphatic carbocycles. The molecule has 1 fully saturated rings. The fourth-order valence-electron chi connectivity index (χ4n) is 1.12. The summed E-state index contributed by atoms with van der Waals surface area (Å²) in [6.45, 7) is 8.13. The second-order valence-corrected chi connectivity index (χ2v) is 4.93. The molecule has 83 valence electrons. The largest absolute Gasteiger partial charge is 0.433 e. The van der Waals surface area contributed by atoms with E-state index in [0.29, 0.717) is 6.67 Å². The summed E-state index contributed by atoms with van der Waals surface area (Å²) in [4.78, 5) is 1.54. The zero-order valence-corrected chi connectivity index (χ0v) is 13.0. The van der Waals surface area contributed by atoms with Crippen LogP contribution in [0.3, 0.4) is 0 Å². The van der Waals surface area contributed by atoms with Crippen molar-refractivity contribution in [3.8, 4) is 0 Å². The van der Waals surface area contributed by atoms with Gasteiger partial charge in [0.15, 0.2) is 0 Å². The molecule has 0 saturated carbocycles. The summed E-state index contributed by atoms with van der Waals surface area (Å²) in [6, 6.07) is 0.0340. The summed E-state index contributed by atoms with van der Waals surface area (Å²) in [5, 5.41) is 0. The van der Waals surface area contributed by atoms with Gasteiger partial charge in [0.05, 0.1) is 5.88 Å². The second kappa shape index (κ2) is 7.28. The van der Waals surface area contributed by atoms with Crippen LogP contribution in [0.25, 0.3) is 0 Å². The van der Waals surface area contributed by atoms with Crippen molar-refractivity contribution in [2.24, 2.45) is 0 Å². The molecule has 1 radical (unpaired) electrons. The summed E-state index contributed by atoms with van der Waals surface area (Å²) >= 11 is 0. The minimum atomic E-state index is -3.04. The Bertz CT molecular complexity index is 242. The van der Waals surface area contributed by atoms with E-state index in [1.54, 1.807) is 0 Å². The van der Waals surface area contributed by atoms with Gasteiger partial charge in [-0.2, -0.15) is 4.31 Å². The van der Waals surface area contributed by atoms with Crippen molar-refractivity contribution in [1.29, 1.82) is 0 Å². The second-order valence-electron chi connectivity index (χ2n) is 3.03. The Morgan fingerprint density at radius 1 is 1.29 bits per heavy atom. The molecular weight excluding hydrogens is 277 g/mol. The monoisotopic (exact) mass is 296 g/mol. The molecule has 14 heavy (non-hydrogen) atoms. The van der Waals surface area contributed by atoms with E-state index in [1.165, 1.54) is 9.21 Å². The van der Waals surface area contributed by atoms with Crippen LogP contribution >= 0.6 is 0 Å². The molecule has 0 unspecified atom stereocenters. The maximum absolute atomic E-state index is 11.3. The van der Waals surface area contributed by atoms with Crippen molar-refractivity contribution in [1.82, 2.24) is 9.21 Å². The molecule has 1 aliphatic heterocycles. The van der Waals surface area contributed by atoms with Gasteiger partial charge in [-0.25, -0.2) is 8.42 Å². The molecule has 0 spiro atoms. The Kier molecular flexibility index (Phi) is 9.03. The van der Waals surface area contributed by atoms with Crippen molar-refractivity contribution < 1.29 is 41.1 Å². The average Bonchev–Trinajstić information content (AvgIpc) is 2.28. The van der Waals surface area contributed by atoms with Gasteiger partial charge in [-0.15, -0.1) is 0 Å². The predicted octanol–water partition coefficient (Wildman–Crippen LogP) is 1.07. The standard InChI is InChI=1S/C6H13N2O2S.C2H6.Y/c1-6(2)8-4-7(3)5-11(8,9)10;1-2;/h6H,3-5H2,1-2H3;1-2H3;/q-1;;. The summed E-state index contributed by atoms with van der Waals surface area (Å²) < 4.78 is 24.0. The number of sulfonamides is 1. The molecule has 1 aliphatic rings. The number of rotatable bonds is 1. The molecule has 0 aromatic carbocycles. The summed E-state index contributed by atoms with van der Waals surface area (Å²) in [7, 11) is 0.539. The van der Waals surface area contributed by atoms with Crippen LogP contribution in [0.4, 0.5) is 0 Å². The average molecular weight is 296 g/mol. The zero-order valence-electron chi connectivity index (χ0n) is 9.40. The minimum Gasteiger partial charge on any atom is -0.433 e. The molecule has 0 N–H and O–H groups in total. The topological polar surface area (TPSA) is 40.6 Å². The van der Waals surface area contributed by atoms with Crippen molar-refractivity contribution >= 4 is 10.0 Å². The van der Waals surface area contributed by atoms with Crippen molar-refractivity contribution in [3.05, 3.63) is 7.05 Å². The van der Waals surface area contributed by atoms with E-state index in [0.717, 1.165) is 0 Å². The maximum atomic E-state index is 11.3. The Morgan fingerprint density at radius 2 is 1.71 bits per heavy atom. The summed E-state index contributed by atoms with van der Waals surface area (Å²) in [6.07, 6.45) is 0. The quantitative estimate of drug-likeness (QED) is 0.680. The first-order valence-corrected chi connectivity index (χ1v) is 6.09. The van der Waals surface area contributed by atoms with Crippen molar-refractivity contribution in [2.45, 2.75) is 33.7 Å². The van der Waals surface area contributed by atoms with Gasteiger partial charge in [0, 0.05) is 45.4 Å². The maximum Gasteiger partial charge on any atom is 0.226 e. The van der Waals surface area contributed by atoms with Crippen LogP contribution in [0.5, 0.6) is 0 Å². The molecule has 0 bridgehead atoms. The fraction of sp³-hybridized carbons (Fsp3) is 0.875. The summed E-state index contributed by atoms with van der Waals surface area (Å²) in [5.41, 5.74) is 0. The van der Waals surface area contributed by atoms with Crippen LogP contribution < -0.4 is 0 Å². The van der Waals surface area contributed by atoms with Gasteiger partial charge in [0.25, 0.3) is 0 Å². The van der Waals surface area contributed by atoms with Crippen LogP contribution in [0, 0.1) is 7.05 Å². The van der Waals surface area contributed by atoms with E-state index >= 15 is 0 Å². The molecule has 1 heterocycles. The smallest absolute Gasteiger partial charge is 0.226 e. The number of hydrogen-bond donors (Lipinski definition) is 0. The Balaban J connectivity index is 0. The normalized spacial score (nSPS) is 21.3. The molecular formula is C8H19N2O2SY-. The molecule has 0 aromatic rings. The van der Waals surface area contributed by atoms with Crippen LogP contribution in [-0.4, -0.2) is 36.2 Å². The fourth-order valence-corrected chi connectivity index (χ4v) is 2.79. The van der Waals surface area contributed by atoms with Crippen LogP contribution in [-0.2, 0) is 42.7 Å². The van der Waals surface area contributed by atoms with Crippen molar-refractivity contribution in [2.75, 3.05) is 12.5 Å². The first-order chi connectivity index (χ1) is 5.93. The zero-order chi connectivity index (χ0) is 10.6. The Morgan fingerprint density at radius 3 is 1.86 bits per heavy atom. The molecule has 1 rings (SSSR count). The third-order valence-corrected chi connectivity index (χ3v) is 3.56. The molecule has 0 aromatic heterocycles. The first-order valence-electron chi connectivity index (χ1n) is 4.48. The Hall–Kier alpha value is 0.974. The Labute approximate surface area is 113 Å². The van der Waals surface area contributed by atoms with E-state index in [-0.39, 0.29) is 44.6 Å². The first kappa shape index (κ1) is 17.4. The molecule has 0 amide bonds. The van der Waals surface area contributed by atoms with E-state index in [2.05, 4.69) is 7.05 Å².